The molecule has 7 heteroatoms. The third-order valence-corrected chi connectivity index (χ3v) is 5.45. The van der Waals surface area contributed by atoms with Crippen molar-refractivity contribution >= 4 is 5.97 Å². The third-order valence-electron chi connectivity index (χ3n) is 5.45. The zero-order valence-electron chi connectivity index (χ0n) is 18.9. The van der Waals surface area contributed by atoms with Crippen LogP contribution in [-0.2, 0) is 14.3 Å². The molecule has 172 valence electrons. The highest BCUT2D eigenvalue weighted by Crippen LogP contribution is 2.20. The first-order valence-electron chi connectivity index (χ1n) is 11.9. The maximum atomic E-state index is 11.9. The quantitative estimate of drug-likeness (QED) is 0.224. The summed E-state index contributed by atoms with van der Waals surface area (Å²) in [6.07, 6.45) is 6.48. The summed E-state index contributed by atoms with van der Waals surface area (Å²) in [7, 11) is 0. The Morgan fingerprint density at radius 1 is 0.793 bits per heavy atom. The summed E-state index contributed by atoms with van der Waals surface area (Å²) in [4.78, 5) is 11.9. The molecule has 2 unspecified atom stereocenters. The summed E-state index contributed by atoms with van der Waals surface area (Å²) in [6.45, 7) is 1.84. The Morgan fingerprint density at radius 3 is 1.79 bits per heavy atom. The number of ether oxygens (including phenoxy) is 2. The molecular formula is C22H42O7. The van der Waals surface area contributed by atoms with E-state index in [-0.39, 0.29) is 0 Å². The predicted octanol–water partition coefficient (Wildman–Crippen LogP) is 2.81. The topological polar surface area (TPSA) is 116 Å². The first-order chi connectivity index (χ1) is 14.4. The summed E-state index contributed by atoms with van der Waals surface area (Å²) in [5.74, 6) is -0.719. The van der Waals surface area contributed by atoms with E-state index in [2.05, 4.69) is 6.92 Å². The summed E-state index contributed by atoms with van der Waals surface area (Å²) in [5, 5.41) is 38.3. The summed E-state index contributed by atoms with van der Waals surface area (Å²) < 4.78 is 17.8. The van der Waals surface area contributed by atoms with Crippen molar-refractivity contribution in [2.75, 3.05) is 6.61 Å². The lowest BCUT2D eigenvalue weighted by atomic mass is 9.99. The number of hydrogen-bond acceptors (Lipinski definition) is 7. The number of aliphatic hydroxyl groups excluding tert-OH is 4. The predicted molar refractivity (Wildman–Crippen MR) is 110 cm³/mol. The van der Waals surface area contributed by atoms with Crippen LogP contribution in [0.3, 0.4) is 0 Å². The van der Waals surface area contributed by atoms with E-state index in [0.717, 1.165) is 19.3 Å². The molecule has 29 heavy (non-hydrogen) atoms. The van der Waals surface area contributed by atoms with E-state index in [1.807, 2.05) is 0 Å². The van der Waals surface area contributed by atoms with Gasteiger partial charge in [-0.05, 0) is 6.42 Å². The monoisotopic (exact) mass is 419 g/mol. The fraction of sp³-hybridized carbons (Fsp3) is 0.955. The van der Waals surface area contributed by atoms with Crippen LogP contribution in [0, 0.1) is 0 Å². The lowest BCUT2D eigenvalue weighted by molar-refractivity contribution is -0.287. The second-order valence-electron chi connectivity index (χ2n) is 8.05. The van der Waals surface area contributed by atoms with Crippen molar-refractivity contribution in [2.24, 2.45) is 0 Å². The molecule has 1 rings (SSSR count). The minimum atomic E-state index is -1.67. The van der Waals surface area contributed by atoms with Gasteiger partial charge < -0.3 is 29.9 Å². The second kappa shape index (κ2) is 16.0. The Balaban J connectivity index is 2.03. The average Bonchev–Trinajstić information content (AvgIpc) is 2.74. The Kier molecular flexibility index (Phi) is 13.6. The second-order valence-corrected chi connectivity index (χ2v) is 8.05. The van der Waals surface area contributed by atoms with Gasteiger partial charge in [0, 0.05) is 7.77 Å². The van der Waals surface area contributed by atoms with Crippen molar-refractivity contribution in [1.82, 2.24) is 0 Å². The van der Waals surface area contributed by atoms with E-state index >= 15 is 0 Å². The summed E-state index contributed by atoms with van der Waals surface area (Å²) >= 11 is 0. The molecule has 0 aromatic heterocycles. The molecule has 1 heterocycles. The van der Waals surface area contributed by atoms with E-state index in [1.54, 1.807) is 0 Å². The zero-order chi connectivity index (χ0) is 22.4. The Labute approximate surface area is 176 Å². The number of rotatable bonds is 16. The number of carbonyl (C=O) groups excluding carboxylic acids is 1. The van der Waals surface area contributed by atoms with Crippen molar-refractivity contribution < 1.29 is 36.1 Å². The fourth-order valence-corrected chi connectivity index (χ4v) is 3.50. The first-order valence-corrected chi connectivity index (χ1v) is 11.3. The fourth-order valence-electron chi connectivity index (χ4n) is 3.50. The van der Waals surface area contributed by atoms with Crippen LogP contribution in [0.1, 0.15) is 98.2 Å². The maximum Gasteiger partial charge on any atom is 0.305 e. The van der Waals surface area contributed by atoms with Crippen LogP contribution in [0.5, 0.6) is 0 Å². The van der Waals surface area contributed by atoms with Gasteiger partial charge >= 0.3 is 5.97 Å². The minimum absolute atomic E-state index is 0.394. The lowest BCUT2D eigenvalue weighted by Gasteiger charge is -2.37. The van der Waals surface area contributed by atoms with Gasteiger partial charge in [0.05, 0.1) is 0 Å². The van der Waals surface area contributed by atoms with Crippen molar-refractivity contribution in [3.63, 3.8) is 0 Å². The molecule has 0 aromatic rings. The third kappa shape index (κ3) is 11.3. The molecule has 1 aliphatic heterocycles. The summed E-state index contributed by atoms with van der Waals surface area (Å²) in [5.41, 5.74) is 0. The van der Waals surface area contributed by atoms with Gasteiger partial charge in [-0.3, -0.25) is 4.79 Å². The number of unbranched alkanes of at least 4 members (excludes halogenated alkanes) is 11. The number of carbonyl (C=O) groups is 1. The molecule has 1 saturated heterocycles. The van der Waals surface area contributed by atoms with E-state index in [9.17, 15) is 25.2 Å². The minimum Gasteiger partial charge on any atom is -0.463 e. The van der Waals surface area contributed by atoms with Crippen LogP contribution in [0.25, 0.3) is 0 Å². The average molecular weight is 420 g/mol. The van der Waals surface area contributed by atoms with Crippen molar-refractivity contribution in [3.8, 4) is 0 Å². The van der Waals surface area contributed by atoms with Crippen molar-refractivity contribution in [1.29, 1.82) is 0 Å². The molecule has 6 atom stereocenters. The van der Waals surface area contributed by atoms with Gasteiger partial charge in [-0.25, -0.2) is 0 Å². The molecule has 0 aromatic carbocycles. The van der Waals surface area contributed by atoms with Gasteiger partial charge in [-0.2, -0.15) is 0 Å². The van der Waals surface area contributed by atoms with E-state index in [0.29, 0.717) is 6.42 Å². The Bertz CT molecular complexity index is 451. The molecule has 0 spiro atoms. The van der Waals surface area contributed by atoms with Crippen LogP contribution in [0.15, 0.2) is 0 Å². The molecule has 0 bridgehead atoms. The molecule has 0 aliphatic carbocycles. The number of esters is 1. The molecule has 4 N–H and O–H groups in total. The van der Waals surface area contributed by atoms with E-state index < -0.39 is 49.7 Å². The van der Waals surface area contributed by atoms with Gasteiger partial charge in [0.1, 0.15) is 31.0 Å². The van der Waals surface area contributed by atoms with Crippen LogP contribution in [0.2, 0.25) is 0 Å². The SMILES string of the molecule is [2H]C(CCCCCCCCCCCCCC)C(=O)OC[C@H]1OC(O)[C@H](O)[C@@H](O)[C@@H]1O. The van der Waals surface area contributed by atoms with E-state index in [1.165, 1.54) is 57.8 Å². The molecule has 1 aliphatic rings. The first kappa shape index (κ1) is 24.5. The number of hydrogen-bond donors (Lipinski definition) is 4. The molecule has 7 nitrogen and oxygen atoms in total. The van der Waals surface area contributed by atoms with Gasteiger partial charge in [0.25, 0.3) is 0 Å². The zero-order valence-corrected chi connectivity index (χ0v) is 17.9. The van der Waals surface area contributed by atoms with Crippen LogP contribution < -0.4 is 0 Å². The largest absolute Gasteiger partial charge is 0.463 e. The van der Waals surface area contributed by atoms with Crippen LogP contribution in [0.4, 0.5) is 0 Å². The van der Waals surface area contributed by atoms with Crippen LogP contribution >= 0.6 is 0 Å². The van der Waals surface area contributed by atoms with Gasteiger partial charge in [0.15, 0.2) is 6.29 Å². The molecule has 0 saturated carbocycles. The van der Waals surface area contributed by atoms with E-state index in [4.69, 9.17) is 10.8 Å². The highest BCUT2D eigenvalue weighted by atomic mass is 16.6. The summed E-state index contributed by atoms with van der Waals surface area (Å²) in [6, 6.07) is 0. The standard InChI is InChI=1S/C22H42O7/c1-2-3-4-5-6-7-8-9-10-11-12-13-14-15-18(23)28-16-17-19(24)20(25)21(26)22(27)29-17/h17,19-22,24-27H,2-16H2,1H3/t17-,19-,20+,21-,22?/m1/s1/i15D/t15?,17-,19-,20+,21-,22?. The molecular weight excluding hydrogens is 376 g/mol. The van der Waals surface area contributed by atoms with Crippen molar-refractivity contribution in [3.05, 3.63) is 0 Å². The van der Waals surface area contributed by atoms with Gasteiger partial charge in [-0.1, -0.05) is 84.0 Å². The molecule has 1 fully saturated rings. The maximum absolute atomic E-state index is 11.9. The Morgan fingerprint density at radius 2 is 1.28 bits per heavy atom. The van der Waals surface area contributed by atoms with Crippen molar-refractivity contribution in [2.45, 2.75) is 127 Å². The highest BCUT2D eigenvalue weighted by Gasteiger charge is 2.43. The number of aliphatic hydroxyl groups is 4. The highest BCUT2D eigenvalue weighted by molar-refractivity contribution is 5.69. The van der Waals surface area contributed by atoms with Gasteiger partial charge in [0.2, 0.25) is 0 Å². The smallest absolute Gasteiger partial charge is 0.305 e. The normalized spacial score (nSPS) is 28.7. The molecule has 0 amide bonds. The van der Waals surface area contributed by atoms with Gasteiger partial charge in [-0.15, -0.1) is 0 Å². The lowest BCUT2D eigenvalue weighted by Crippen LogP contribution is -2.58. The molecule has 0 radical (unpaired) electrons. The Hall–Kier alpha value is -0.730. The van der Waals surface area contributed by atoms with Crippen LogP contribution in [-0.4, -0.2) is 63.7 Å².